The summed E-state index contributed by atoms with van der Waals surface area (Å²) in [5.74, 6) is 1.92. The molecule has 3 unspecified atom stereocenters. The number of rotatable bonds is 3. The van der Waals surface area contributed by atoms with Crippen LogP contribution in [0.1, 0.15) is 65.5 Å². The first kappa shape index (κ1) is 21.9. The smallest absolute Gasteiger partial charge is 0.178 e. The van der Waals surface area contributed by atoms with Gasteiger partial charge < -0.3 is 9.80 Å². The van der Waals surface area contributed by atoms with E-state index < -0.39 is 0 Å². The van der Waals surface area contributed by atoms with Gasteiger partial charge in [-0.15, -0.1) is 6.58 Å². The third kappa shape index (κ3) is 2.70. The van der Waals surface area contributed by atoms with Crippen molar-refractivity contribution in [2.45, 2.75) is 71.4 Å². The largest absolute Gasteiger partial charge is 0.335 e. The summed E-state index contributed by atoms with van der Waals surface area (Å²) in [5.41, 5.74) is 5.66. The molecule has 0 spiro atoms. The van der Waals surface area contributed by atoms with Gasteiger partial charge in [-0.2, -0.15) is 0 Å². The van der Waals surface area contributed by atoms with Crippen LogP contribution in [0.5, 0.6) is 0 Å². The molecule has 3 heterocycles. The van der Waals surface area contributed by atoms with Crippen LogP contribution in [-0.2, 0) is 10.8 Å². The van der Waals surface area contributed by atoms with Gasteiger partial charge in [-0.05, 0) is 47.6 Å². The molecule has 1 aromatic heterocycles. The first-order valence-corrected chi connectivity index (χ1v) is 12.2. The van der Waals surface area contributed by atoms with Crippen LogP contribution in [0.3, 0.4) is 0 Å². The molecule has 2 aliphatic rings. The second-order valence-corrected chi connectivity index (χ2v) is 11.0. The summed E-state index contributed by atoms with van der Waals surface area (Å²) in [5, 5.41) is 0. The van der Waals surface area contributed by atoms with Gasteiger partial charge in [0.2, 0.25) is 0 Å². The summed E-state index contributed by atoms with van der Waals surface area (Å²) in [7, 11) is 2.18. The number of aromatic nitrogens is 2. The Balaban J connectivity index is 1.87. The van der Waals surface area contributed by atoms with Crippen LogP contribution in [0.2, 0.25) is 0 Å². The predicted octanol–water partition coefficient (Wildman–Crippen LogP) is 7.11. The van der Waals surface area contributed by atoms with Gasteiger partial charge in [0.1, 0.15) is 6.17 Å². The van der Waals surface area contributed by atoms with E-state index in [-0.39, 0.29) is 22.4 Å². The Morgan fingerprint density at radius 1 is 1.00 bits per heavy atom. The molecule has 0 saturated heterocycles. The lowest BCUT2D eigenvalue weighted by atomic mass is 9.54. The van der Waals surface area contributed by atoms with Crippen LogP contribution < -0.4 is 9.80 Å². The van der Waals surface area contributed by atoms with Crippen LogP contribution in [0.4, 0.5) is 17.3 Å². The van der Waals surface area contributed by atoms with Gasteiger partial charge in [-0.3, -0.25) is 0 Å². The first-order chi connectivity index (χ1) is 15.6. The van der Waals surface area contributed by atoms with Crippen molar-refractivity contribution >= 4 is 28.4 Å². The monoisotopic (exact) mass is 440 g/mol. The van der Waals surface area contributed by atoms with E-state index in [0.29, 0.717) is 0 Å². The third-order valence-corrected chi connectivity index (χ3v) is 8.54. The number of hydrogen-bond donors (Lipinski definition) is 0. The highest BCUT2D eigenvalue weighted by Gasteiger charge is 2.61. The number of para-hydroxylation sites is 2. The molecule has 3 atom stereocenters. The Morgan fingerprint density at radius 3 is 2.18 bits per heavy atom. The predicted molar refractivity (Wildman–Crippen MR) is 140 cm³/mol. The zero-order chi connectivity index (χ0) is 23.8. The molecule has 0 fully saturated rings. The lowest BCUT2D eigenvalue weighted by molar-refractivity contribution is 0.117. The van der Waals surface area contributed by atoms with Crippen LogP contribution in [-0.4, -0.2) is 23.2 Å². The molecule has 0 saturated carbocycles. The number of benzene rings is 2. The molecule has 0 amide bonds. The average molecular weight is 441 g/mol. The van der Waals surface area contributed by atoms with Crippen molar-refractivity contribution in [1.29, 1.82) is 0 Å². The van der Waals surface area contributed by atoms with E-state index in [2.05, 4.69) is 101 Å². The Labute approximate surface area is 198 Å². The number of allylic oxidation sites excluding steroid dienone is 1. The van der Waals surface area contributed by atoms with Gasteiger partial charge in [0.15, 0.2) is 11.6 Å². The Bertz CT molecular complexity index is 1260. The van der Waals surface area contributed by atoms with Crippen LogP contribution in [0, 0.1) is 5.41 Å². The van der Waals surface area contributed by atoms with Crippen molar-refractivity contribution < 1.29 is 0 Å². The first-order valence-electron chi connectivity index (χ1n) is 12.2. The minimum atomic E-state index is -0.158. The SMILES string of the molecule is C=CC1(CC)c2cc(C(C)(C)C)ccc2N2c3nc4ccccc4nc3N(C)C2C1(C)CC. The highest BCUT2D eigenvalue weighted by atomic mass is 15.5. The molecule has 4 heteroatoms. The lowest BCUT2D eigenvalue weighted by Crippen LogP contribution is -2.62. The molecule has 0 radical (unpaired) electrons. The standard InChI is InChI=1S/C29H36N4/c1-9-28(7)26-32(8)24-25(31-22-15-13-12-14-21(22)30-24)33(26)23-17-16-19(27(4,5)6)18-20(23)29(28,10-2)11-3/h10,12-18,26H,2,9,11H2,1,3-8H3. The van der Waals surface area contributed by atoms with Crippen LogP contribution in [0.25, 0.3) is 11.0 Å². The van der Waals surface area contributed by atoms with Crippen LogP contribution >= 0.6 is 0 Å². The van der Waals surface area contributed by atoms with Crippen molar-refractivity contribution in [1.82, 2.24) is 9.97 Å². The summed E-state index contributed by atoms with van der Waals surface area (Å²) in [6.07, 6.45) is 4.36. The van der Waals surface area contributed by atoms with E-state index in [0.717, 1.165) is 35.5 Å². The fourth-order valence-electron chi connectivity index (χ4n) is 6.43. The van der Waals surface area contributed by atoms with Crippen molar-refractivity contribution in [2.75, 3.05) is 16.8 Å². The van der Waals surface area contributed by atoms with E-state index in [1.165, 1.54) is 16.8 Å². The van der Waals surface area contributed by atoms with Crippen molar-refractivity contribution in [2.24, 2.45) is 5.41 Å². The molecule has 3 aromatic rings. The molecule has 4 nitrogen and oxygen atoms in total. The lowest BCUT2D eigenvalue weighted by Gasteiger charge is -2.58. The van der Waals surface area contributed by atoms with Crippen LogP contribution in [0.15, 0.2) is 55.1 Å². The van der Waals surface area contributed by atoms with Gasteiger partial charge >= 0.3 is 0 Å². The maximum absolute atomic E-state index is 5.16. The number of hydrogen-bond acceptors (Lipinski definition) is 4. The molecule has 172 valence electrons. The second kappa shape index (κ2) is 7.06. The average Bonchev–Trinajstić information content (AvgIpc) is 3.09. The van der Waals surface area contributed by atoms with E-state index in [1.54, 1.807) is 0 Å². The van der Waals surface area contributed by atoms with E-state index in [9.17, 15) is 0 Å². The topological polar surface area (TPSA) is 32.3 Å². The van der Waals surface area contributed by atoms with E-state index in [4.69, 9.17) is 9.97 Å². The second-order valence-electron chi connectivity index (χ2n) is 11.0. The summed E-state index contributed by atoms with van der Waals surface area (Å²) in [4.78, 5) is 15.1. The van der Waals surface area contributed by atoms with Gasteiger partial charge in [0.25, 0.3) is 0 Å². The van der Waals surface area contributed by atoms with Crippen molar-refractivity contribution in [3.05, 3.63) is 66.2 Å². The molecule has 0 N–H and O–H groups in total. The minimum absolute atomic E-state index is 0.0743. The van der Waals surface area contributed by atoms with Crippen molar-refractivity contribution in [3.63, 3.8) is 0 Å². The molecule has 0 aliphatic carbocycles. The Kier molecular flexibility index (Phi) is 4.69. The van der Waals surface area contributed by atoms with Gasteiger partial charge in [-0.1, -0.05) is 71.9 Å². The summed E-state index contributed by atoms with van der Waals surface area (Å²) < 4.78 is 0. The zero-order valence-electron chi connectivity index (χ0n) is 21.1. The number of anilines is 3. The van der Waals surface area contributed by atoms with E-state index in [1.807, 2.05) is 12.1 Å². The molecule has 5 rings (SSSR count). The Hall–Kier alpha value is -2.88. The number of nitrogens with zero attached hydrogens (tertiary/aromatic N) is 4. The maximum atomic E-state index is 5.16. The number of fused-ring (bicyclic) bond motifs is 6. The third-order valence-electron chi connectivity index (χ3n) is 8.54. The van der Waals surface area contributed by atoms with Crippen molar-refractivity contribution in [3.8, 4) is 0 Å². The fraction of sp³-hybridized carbons (Fsp3) is 0.448. The highest BCUT2D eigenvalue weighted by molar-refractivity contribution is 5.88. The fourth-order valence-corrected chi connectivity index (χ4v) is 6.43. The van der Waals surface area contributed by atoms with Gasteiger partial charge in [-0.25, -0.2) is 9.97 Å². The van der Waals surface area contributed by atoms with Gasteiger partial charge in [0, 0.05) is 23.6 Å². The minimum Gasteiger partial charge on any atom is -0.335 e. The van der Waals surface area contributed by atoms with Gasteiger partial charge in [0.05, 0.1) is 11.0 Å². The summed E-state index contributed by atoms with van der Waals surface area (Å²) >= 11 is 0. The molecular formula is C29H36N4. The molecule has 0 bridgehead atoms. The highest BCUT2D eigenvalue weighted by Crippen LogP contribution is 2.63. The summed E-state index contributed by atoms with van der Waals surface area (Å²) in [6.45, 7) is 18.4. The van der Waals surface area contributed by atoms with E-state index >= 15 is 0 Å². The molecule has 2 aromatic carbocycles. The zero-order valence-corrected chi connectivity index (χ0v) is 21.1. The molecule has 33 heavy (non-hydrogen) atoms. The summed E-state index contributed by atoms with van der Waals surface area (Å²) in [6, 6.07) is 15.2. The Morgan fingerprint density at radius 2 is 1.64 bits per heavy atom. The molecular weight excluding hydrogens is 404 g/mol. The molecule has 2 aliphatic heterocycles. The quantitative estimate of drug-likeness (QED) is 0.406. The normalized spacial score (nSPS) is 26.2. The maximum Gasteiger partial charge on any atom is 0.178 e.